The predicted molar refractivity (Wildman–Crippen MR) is 149 cm³/mol. The van der Waals surface area contributed by atoms with E-state index in [-0.39, 0.29) is 11.2 Å². The third-order valence-corrected chi connectivity index (χ3v) is 7.44. The maximum Gasteiger partial charge on any atom is 0.178 e. The van der Waals surface area contributed by atoms with Crippen LogP contribution < -0.4 is 15.5 Å². The van der Waals surface area contributed by atoms with Crippen molar-refractivity contribution in [3.8, 4) is 0 Å². The Hall–Kier alpha value is -2.86. The number of allylic oxidation sites excluding steroid dienone is 1. The van der Waals surface area contributed by atoms with Gasteiger partial charge in [0, 0.05) is 23.4 Å². The second-order valence-corrected chi connectivity index (χ2v) is 10.9. The first-order valence-corrected chi connectivity index (χ1v) is 12.6. The number of ketones is 1. The minimum absolute atomic E-state index is 0.0974. The molecule has 1 aliphatic carbocycles. The Kier molecular flexibility index (Phi) is 6.34. The fraction of sp³-hybridized carbons (Fsp3) is 0.214. The van der Waals surface area contributed by atoms with Gasteiger partial charge >= 0.3 is 0 Å². The van der Waals surface area contributed by atoms with Gasteiger partial charge in [0.2, 0.25) is 0 Å². The Labute approximate surface area is 220 Å². The van der Waals surface area contributed by atoms with E-state index in [0.29, 0.717) is 27.2 Å². The molecule has 0 amide bonds. The monoisotopic (exact) mass is 521 g/mol. The van der Waals surface area contributed by atoms with E-state index >= 15 is 0 Å². The van der Waals surface area contributed by atoms with Crippen molar-refractivity contribution in [2.24, 2.45) is 5.41 Å². The number of para-hydroxylation sites is 3. The molecule has 2 aliphatic rings. The highest BCUT2D eigenvalue weighted by Gasteiger charge is 2.42. The third kappa shape index (κ3) is 4.68. The van der Waals surface area contributed by atoms with Crippen LogP contribution in [0.5, 0.6) is 0 Å². The zero-order valence-electron chi connectivity index (χ0n) is 19.4. The first-order chi connectivity index (χ1) is 16.7. The molecule has 5 rings (SSSR count). The zero-order valence-corrected chi connectivity index (χ0v) is 21.8. The minimum atomic E-state index is -0.483. The summed E-state index contributed by atoms with van der Waals surface area (Å²) in [6.45, 7) is 4.25. The van der Waals surface area contributed by atoms with Gasteiger partial charge in [-0.15, -0.1) is 0 Å². The van der Waals surface area contributed by atoms with Crippen molar-refractivity contribution in [1.29, 1.82) is 0 Å². The van der Waals surface area contributed by atoms with Gasteiger partial charge < -0.3 is 15.5 Å². The first kappa shape index (κ1) is 23.9. The van der Waals surface area contributed by atoms with Gasteiger partial charge in [-0.25, -0.2) is 0 Å². The second-order valence-electron chi connectivity index (χ2n) is 9.72. The zero-order chi connectivity index (χ0) is 24.7. The van der Waals surface area contributed by atoms with Gasteiger partial charge in [0.25, 0.3) is 0 Å². The maximum absolute atomic E-state index is 13.8. The summed E-state index contributed by atoms with van der Waals surface area (Å²) < 4.78 is 0. The Morgan fingerprint density at radius 1 is 1.00 bits per heavy atom. The number of hydrogen-bond acceptors (Lipinski definition) is 3. The van der Waals surface area contributed by atoms with Gasteiger partial charge in [-0.1, -0.05) is 73.4 Å². The molecule has 178 valence electrons. The van der Waals surface area contributed by atoms with E-state index in [9.17, 15) is 4.79 Å². The SMILES string of the molecule is CC1(C)CC(=O)C2=C(C1)Nc1ccccc1N(C(=S)Nc1ccccc1)[C@@H]2c1ccc(Cl)c(Cl)c1. The summed E-state index contributed by atoms with van der Waals surface area (Å²) in [6, 6.07) is 22.8. The third-order valence-electron chi connectivity index (χ3n) is 6.40. The molecule has 3 aromatic rings. The summed E-state index contributed by atoms with van der Waals surface area (Å²) in [5, 5.41) is 8.34. The van der Waals surface area contributed by atoms with Gasteiger partial charge in [-0.3, -0.25) is 4.79 Å². The Morgan fingerprint density at radius 2 is 1.71 bits per heavy atom. The van der Waals surface area contributed by atoms with Crippen molar-refractivity contribution in [1.82, 2.24) is 0 Å². The number of Topliss-reactive ketones (excluding diaryl/α,β-unsaturated/α-hetero) is 1. The van der Waals surface area contributed by atoms with Crippen LogP contribution in [-0.2, 0) is 4.79 Å². The van der Waals surface area contributed by atoms with Crippen LogP contribution in [0.3, 0.4) is 0 Å². The second kappa shape index (κ2) is 9.30. The van der Waals surface area contributed by atoms with Crippen LogP contribution in [0.4, 0.5) is 17.1 Å². The number of fused-ring (bicyclic) bond motifs is 1. The van der Waals surface area contributed by atoms with Crippen LogP contribution in [0.2, 0.25) is 10.0 Å². The lowest BCUT2D eigenvalue weighted by molar-refractivity contribution is -0.118. The fourth-order valence-corrected chi connectivity index (χ4v) is 5.54. The Balaban J connectivity index is 1.74. The Morgan fingerprint density at radius 3 is 2.46 bits per heavy atom. The van der Waals surface area contributed by atoms with Gasteiger partial charge in [-0.2, -0.15) is 0 Å². The summed E-state index contributed by atoms with van der Waals surface area (Å²) in [5.41, 5.74) is 4.94. The van der Waals surface area contributed by atoms with E-state index in [1.165, 1.54) is 0 Å². The van der Waals surface area contributed by atoms with Crippen LogP contribution >= 0.6 is 35.4 Å². The molecule has 1 atom stereocenters. The molecule has 0 bridgehead atoms. The van der Waals surface area contributed by atoms with E-state index in [0.717, 1.165) is 34.7 Å². The highest BCUT2D eigenvalue weighted by atomic mass is 35.5. The normalized spacial score (nSPS) is 18.8. The van der Waals surface area contributed by atoms with Crippen LogP contribution in [0, 0.1) is 5.41 Å². The van der Waals surface area contributed by atoms with E-state index in [1.807, 2.05) is 71.6 Å². The number of carbonyl (C=O) groups excluding carboxylic acids is 1. The van der Waals surface area contributed by atoms with E-state index < -0.39 is 6.04 Å². The largest absolute Gasteiger partial charge is 0.357 e. The molecule has 7 heteroatoms. The number of nitrogens with zero attached hydrogens (tertiary/aromatic N) is 1. The predicted octanol–water partition coefficient (Wildman–Crippen LogP) is 8.01. The highest BCUT2D eigenvalue weighted by molar-refractivity contribution is 7.80. The lowest BCUT2D eigenvalue weighted by Gasteiger charge is -2.38. The fourth-order valence-electron chi connectivity index (χ4n) is 4.91. The summed E-state index contributed by atoms with van der Waals surface area (Å²) in [7, 11) is 0. The average Bonchev–Trinajstić information content (AvgIpc) is 2.95. The number of rotatable bonds is 2. The molecule has 4 nitrogen and oxygen atoms in total. The molecule has 0 radical (unpaired) electrons. The van der Waals surface area contributed by atoms with Crippen molar-refractivity contribution in [2.75, 3.05) is 15.5 Å². The van der Waals surface area contributed by atoms with Crippen LogP contribution in [0.25, 0.3) is 0 Å². The smallest absolute Gasteiger partial charge is 0.178 e. The van der Waals surface area contributed by atoms with Crippen molar-refractivity contribution in [2.45, 2.75) is 32.7 Å². The van der Waals surface area contributed by atoms with E-state index in [1.54, 1.807) is 6.07 Å². The number of hydrogen-bond donors (Lipinski definition) is 2. The van der Waals surface area contributed by atoms with Crippen LogP contribution in [-0.4, -0.2) is 10.9 Å². The number of halogens is 2. The number of carbonyl (C=O) groups is 1. The average molecular weight is 523 g/mol. The van der Waals surface area contributed by atoms with Crippen LogP contribution in [0.15, 0.2) is 84.1 Å². The van der Waals surface area contributed by atoms with Crippen LogP contribution in [0.1, 0.15) is 38.3 Å². The lowest BCUT2D eigenvalue weighted by Crippen LogP contribution is -2.41. The lowest BCUT2D eigenvalue weighted by atomic mass is 9.73. The summed E-state index contributed by atoms with van der Waals surface area (Å²) in [4.78, 5) is 15.8. The summed E-state index contributed by atoms with van der Waals surface area (Å²) >= 11 is 18.7. The Bertz CT molecular complexity index is 1350. The molecule has 0 saturated carbocycles. The molecular weight excluding hydrogens is 497 g/mol. The topological polar surface area (TPSA) is 44.4 Å². The van der Waals surface area contributed by atoms with Gasteiger partial charge in [0.1, 0.15) is 0 Å². The standard InChI is InChI=1S/C28H25Cl2N3OS/c1-28(2)15-22-25(24(34)16-28)26(17-12-13-19(29)20(30)14-17)33(23-11-7-6-10-21(23)32-22)27(35)31-18-8-4-3-5-9-18/h3-14,26,32H,15-16H2,1-2H3,(H,31,35)/t26-/m1/s1. The van der Waals surface area contributed by atoms with Crippen molar-refractivity contribution in [3.63, 3.8) is 0 Å². The summed E-state index contributed by atoms with van der Waals surface area (Å²) in [6.07, 6.45) is 1.20. The molecule has 0 spiro atoms. The van der Waals surface area contributed by atoms with E-state index in [2.05, 4.69) is 24.5 Å². The molecule has 0 saturated heterocycles. The van der Waals surface area contributed by atoms with Crippen molar-refractivity contribution >= 4 is 63.4 Å². The van der Waals surface area contributed by atoms with Crippen molar-refractivity contribution in [3.05, 3.63) is 99.7 Å². The van der Waals surface area contributed by atoms with E-state index in [4.69, 9.17) is 35.4 Å². The maximum atomic E-state index is 13.8. The van der Waals surface area contributed by atoms with Crippen molar-refractivity contribution < 1.29 is 4.79 Å². The number of nitrogens with one attached hydrogen (secondary N) is 2. The number of anilines is 3. The molecule has 0 fully saturated rings. The number of benzene rings is 3. The molecule has 0 aromatic heterocycles. The van der Waals surface area contributed by atoms with Gasteiger partial charge in [0.05, 0.1) is 27.5 Å². The molecule has 0 unspecified atom stereocenters. The molecule has 1 aliphatic heterocycles. The molecular formula is C28H25Cl2N3OS. The van der Waals surface area contributed by atoms with Gasteiger partial charge in [-0.05, 0) is 66.0 Å². The minimum Gasteiger partial charge on any atom is -0.357 e. The number of thiocarbonyl (C=S) groups is 1. The first-order valence-electron chi connectivity index (χ1n) is 11.5. The molecule has 3 aromatic carbocycles. The highest BCUT2D eigenvalue weighted by Crippen LogP contribution is 2.49. The molecule has 35 heavy (non-hydrogen) atoms. The molecule has 2 N–H and O–H groups in total. The molecule has 1 heterocycles. The quantitative estimate of drug-likeness (QED) is 0.334. The summed E-state index contributed by atoms with van der Waals surface area (Å²) in [5.74, 6) is 0.0974. The van der Waals surface area contributed by atoms with Gasteiger partial charge in [0.15, 0.2) is 10.9 Å².